The summed E-state index contributed by atoms with van der Waals surface area (Å²) in [6.45, 7) is 1.52. The molecule has 0 bridgehead atoms. The fourth-order valence-corrected chi connectivity index (χ4v) is 3.33. The summed E-state index contributed by atoms with van der Waals surface area (Å²) in [6, 6.07) is 4.00. The first kappa shape index (κ1) is 22.1. The van der Waals surface area contributed by atoms with Crippen molar-refractivity contribution in [3.63, 3.8) is 0 Å². The van der Waals surface area contributed by atoms with E-state index >= 15 is 0 Å². The quantitative estimate of drug-likeness (QED) is 0.432. The number of nitrogens with zero attached hydrogens (tertiary/aromatic N) is 3. The summed E-state index contributed by atoms with van der Waals surface area (Å²) in [5.74, 6) is 2.16. The third kappa shape index (κ3) is 6.19. The van der Waals surface area contributed by atoms with Crippen LogP contribution in [0.2, 0.25) is 0 Å². The average molecular weight is 402 g/mol. The number of hydrogen-bond acceptors (Lipinski definition) is 4. The molecule has 1 aliphatic rings. The van der Waals surface area contributed by atoms with Gasteiger partial charge in [0, 0.05) is 26.7 Å². The maximum Gasteiger partial charge on any atom is 0.401 e. The van der Waals surface area contributed by atoms with Crippen LogP contribution in [0.3, 0.4) is 0 Å². The molecule has 0 saturated carbocycles. The minimum absolute atomic E-state index is 0.364. The van der Waals surface area contributed by atoms with Crippen LogP contribution in [0.5, 0.6) is 11.5 Å². The predicted octanol–water partition coefficient (Wildman–Crippen LogP) is 2.52. The Kier molecular flexibility index (Phi) is 7.79. The zero-order valence-corrected chi connectivity index (χ0v) is 16.9. The Morgan fingerprint density at radius 2 is 1.86 bits per heavy atom. The highest BCUT2D eigenvalue weighted by Crippen LogP contribution is 2.33. The van der Waals surface area contributed by atoms with Crippen LogP contribution in [-0.4, -0.2) is 76.4 Å². The lowest BCUT2D eigenvalue weighted by atomic mass is 9.99. The highest BCUT2D eigenvalue weighted by Gasteiger charge is 2.28. The number of aliphatic imine (C=N–C) groups is 1. The Morgan fingerprint density at radius 1 is 1.21 bits per heavy atom. The smallest absolute Gasteiger partial charge is 0.401 e. The number of halogens is 3. The van der Waals surface area contributed by atoms with E-state index in [0.717, 1.165) is 30.2 Å². The van der Waals surface area contributed by atoms with Gasteiger partial charge >= 0.3 is 6.18 Å². The van der Waals surface area contributed by atoms with Crippen molar-refractivity contribution in [3.05, 3.63) is 23.3 Å². The standard InChI is InChI=1S/C19H29F3N4O2/c1-23-18(24-7-5-8-25(2)13-19(20,21)22)26-9-6-14-10-16(27-3)17(28-4)11-15(14)12-26/h10-11H,5-9,12-13H2,1-4H3,(H,23,24). The minimum atomic E-state index is -4.16. The van der Waals surface area contributed by atoms with Crippen LogP contribution in [0.1, 0.15) is 17.5 Å². The molecular weight excluding hydrogens is 373 g/mol. The molecule has 6 nitrogen and oxygen atoms in total. The van der Waals surface area contributed by atoms with Crippen LogP contribution < -0.4 is 14.8 Å². The molecule has 2 rings (SSSR count). The number of alkyl halides is 3. The maximum atomic E-state index is 12.4. The molecule has 0 fully saturated rings. The number of fused-ring (bicyclic) bond motifs is 1. The largest absolute Gasteiger partial charge is 0.493 e. The lowest BCUT2D eigenvalue weighted by Crippen LogP contribution is -2.44. The van der Waals surface area contributed by atoms with Gasteiger partial charge in [-0.1, -0.05) is 0 Å². The Morgan fingerprint density at radius 3 is 2.43 bits per heavy atom. The third-order valence-corrected chi connectivity index (χ3v) is 4.68. The first-order chi connectivity index (χ1) is 13.3. The Bertz CT molecular complexity index is 680. The molecule has 158 valence electrons. The second-order valence-corrected chi connectivity index (χ2v) is 6.83. The molecule has 1 heterocycles. The van der Waals surface area contributed by atoms with E-state index in [1.807, 2.05) is 12.1 Å². The van der Waals surface area contributed by atoms with Gasteiger partial charge < -0.3 is 19.7 Å². The van der Waals surface area contributed by atoms with Gasteiger partial charge in [0.15, 0.2) is 17.5 Å². The zero-order valence-electron chi connectivity index (χ0n) is 16.9. The Labute approximate surface area is 164 Å². The predicted molar refractivity (Wildman–Crippen MR) is 103 cm³/mol. The van der Waals surface area contributed by atoms with Crippen LogP contribution >= 0.6 is 0 Å². The minimum Gasteiger partial charge on any atom is -0.493 e. The van der Waals surface area contributed by atoms with Gasteiger partial charge in [-0.05, 0) is 49.7 Å². The molecule has 9 heteroatoms. The molecule has 0 unspecified atom stereocenters. The normalized spacial score (nSPS) is 14.9. The van der Waals surface area contributed by atoms with Gasteiger partial charge in [0.05, 0.1) is 20.8 Å². The monoisotopic (exact) mass is 402 g/mol. The van der Waals surface area contributed by atoms with Gasteiger partial charge in [-0.3, -0.25) is 9.89 Å². The van der Waals surface area contributed by atoms with Crippen LogP contribution in [0, 0.1) is 0 Å². The van der Waals surface area contributed by atoms with Crippen molar-refractivity contribution < 1.29 is 22.6 Å². The summed E-state index contributed by atoms with van der Waals surface area (Å²) < 4.78 is 47.8. The van der Waals surface area contributed by atoms with E-state index in [1.165, 1.54) is 17.5 Å². The number of nitrogens with one attached hydrogen (secondary N) is 1. The van der Waals surface area contributed by atoms with Crippen LogP contribution in [-0.2, 0) is 13.0 Å². The second kappa shape index (κ2) is 9.86. The molecule has 1 N–H and O–H groups in total. The number of benzene rings is 1. The van der Waals surface area contributed by atoms with Crippen molar-refractivity contribution in [2.24, 2.45) is 4.99 Å². The lowest BCUT2D eigenvalue weighted by molar-refractivity contribution is -0.143. The van der Waals surface area contributed by atoms with E-state index < -0.39 is 12.7 Å². The van der Waals surface area contributed by atoms with Crippen molar-refractivity contribution in [2.45, 2.75) is 25.6 Å². The molecule has 0 amide bonds. The molecule has 1 aliphatic heterocycles. The fraction of sp³-hybridized carbons (Fsp3) is 0.632. The summed E-state index contributed by atoms with van der Waals surface area (Å²) in [4.78, 5) is 7.73. The summed E-state index contributed by atoms with van der Waals surface area (Å²) >= 11 is 0. The van der Waals surface area contributed by atoms with E-state index in [2.05, 4.69) is 15.2 Å². The van der Waals surface area contributed by atoms with Gasteiger partial charge in [0.1, 0.15) is 0 Å². The van der Waals surface area contributed by atoms with Crippen molar-refractivity contribution in [1.82, 2.24) is 15.1 Å². The summed E-state index contributed by atoms with van der Waals surface area (Å²) in [7, 11) is 6.42. The molecular formula is C19H29F3N4O2. The lowest BCUT2D eigenvalue weighted by Gasteiger charge is -2.32. The van der Waals surface area contributed by atoms with Crippen LogP contribution in [0.25, 0.3) is 0 Å². The summed E-state index contributed by atoms with van der Waals surface area (Å²) in [6.07, 6.45) is -2.71. The van der Waals surface area contributed by atoms with Gasteiger partial charge in [-0.15, -0.1) is 0 Å². The highest BCUT2D eigenvalue weighted by molar-refractivity contribution is 5.80. The first-order valence-corrected chi connectivity index (χ1v) is 9.22. The van der Waals surface area contributed by atoms with E-state index in [4.69, 9.17) is 9.47 Å². The fourth-order valence-electron chi connectivity index (χ4n) is 3.33. The summed E-state index contributed by atoms with van der Waals surface area (Å²) in [5, 5.41) is 3.25. The summed E-state index contributed by atoms with van der Waals surface area (Å²) in [5.41, 5.74) is 2.37. The first-order valence-electron chi connectivity index (χ1n) is 9.22. The van der Waals surface area contributed by atoms with Crippen LogP contribution in [0.4, 0.5) is 13.2 Å². The molecule has 28 heavy (non-hydrogen) atoms. The average Bonchev–Trinajstić information content (AvgIpc) is 2.65. The Balaban J connectivity index is 1.89. The molecule has 0 radical (unpaired) electrons. The molecule has 0 atom stereocenters. The number of rotatable bonds is 7. The van der Waals surface area contributed by atoms with E-state index in [0.29, 0.717) is 31.8 Å². The molecule has 0 aliphatic carbocycles. The Hall–Kier alpha value is -2.16. The molecule has 0 spiro atoms. The third-order valence-electron chi connectivity index (χ3n) is 4.68. The van der Waals surface area contributed by atoms with Crippen molar-refractivity contribution in [2.75, 3.05) is 54.5 Å². The SMILES string of the molecule is CN=C(NCCCN(C)CC(F)(F)F)N1CCc2cc(OC)c(OC)cc2C1. The van der Waals surface area contributed by atoms with E-state index in [9.17, 15) is 13.2 Å². The topological polar surface area (TPSA) is 49.3 Å². The molecule has 0 aromatic heterocycles. The number of methoxy groups -OCH3 is 2. The zero-order chi connectivity index (χ0) is 20.7. The molecule has 1 aromatic rings. The van der Waals surface area contributed by atoms with E-state index in [1.54, 1.807) is 21.3 Å². The van der Waals surface area contributed by atoms with Crippen molar-refractivity contribution in [3.8, 4) is 11.5 Å². The maximum absolute atomic E-state index is 12.4. The van der Waals surface area contributed by atoms with E-state index in [-0.39, 0.29) is 0 Å². The number of hydrogen-bond donors (Lipinski definition) is 1. The molecule has 1 aromatic carbocycles. The van der Waals surface area contributed by atoms with Crippen LogP contribution in [0.15, 0.2) is 17.1 Å². The van der Waals surface area contributed by atoms with Crippen molar-refractivity contribution in [1.29, 1.82) is 0 Å². The highest BCUT2D eigenvalue weighted by atomic mass is 19.4. The number of guanidine groups is 1. The van der Waals surface area contributed by atoms with Gasteiger partial charge in [0.25, 0.3) is 0 Å². The number of ether oxygens (including phenoxy) is 2. The second-order valence-electron chi connectivity index (χ2n) is 6.83. The van der Waals surface area contributed by atoms with Gasteiger partial charge in [-0.25, -0.2) is 0 Å². The van der Waals surface area contributed by atoms with Gasteiger partial charge in [-0.2, -0.15) is 13.2 Å². The molecule has 0 saturated heterocycles. The van der Waals surface area contributed by atoms with Gasteiger partial charge in [0.2, 0.25) is 0 Å². The van der Waals surface area contributed by atoms with Crippen molar-refractivity contribution >= 4 is 5.96 Å².